The first-order valence-corrected chi connectivity index (χ1v) is 11.3. The molecule has 0 saturated carbocycles. The van der Waals surface area contributed by atoms with Gasteiger partial charge in [0.1, 0.15) is 0 Å². The molecule has 0 saturated heterocycles. The number of nitrogens with two attached hydrogens (primary N) is 1. The monoisotopic (exact) mass is 542 g/mol. The number of nitrogens with one attached hydrogen (secondary N) is 3. The summed E-state index contributed by atoms with van der Waals surface area (Å²) in [6, 6.07) is 15.0. The van der Waals surface area contributed by atoms with Crippen LogP contribution in [0.2, 0.25) is 5.02 Å². The summed E-state index contributed by atoms with van der Waals surface area (Å²) in [5.74, 6) is -1.24. The van der Waals surface area contributed by atoms with Gasteiger partial charge >= 0.3 is 6.18 Å². The Morgan fingerprint density at radius 3 is 2.37 bits per heavy atom. The van der Waals surface area contributed by atoms with Gasteiger partial charge in [-0.25, -0.2) is 9.98 Å². The van der Waals surface area contributed by atoms with Crippen LogP contribution in [0.4, 0.5) is 30.2 Å². The van der Waals surface area contributed by atoms with E-state index in [2.05, 4.69) is 32.7 Å². The molecule has 38 heavy (non-hydrogen) atoms. The summed E-state index contributed by atoms with van der Waals surface area (Å²) in [6.45, 7) is 5.03. The second kappa shape index (κ2) is 12.1. The Hall–Kier alpha value is -4.64. The van der Waals surface area contributed by atoms with Crippen molar-refractivity contribution in [2.24, 2.45) is 9.98 Å². The molecule has 0 atom stereocenters. The van der Waals surface area contributed by atoms with Gasteiger partial charge in [-0.1, -0.05) is 23.7 Å². The highest BCUT2D eigenvalue weighted by Crippen LogP contribution is 2.30. The molecule has 2 amide bonds. The quantitative estimate of drug-likeness (QED) is 0.175. The molecular weight excluding hydrogens is 521 g/mol. The van der Waals surface area contributed by atoms with E-state index in [4.69, 9.17) is 17.3 Å². The van der Waals surface area contributed by atoms with E-state index in [1.807, 2.05) is 0 Å². The number of halogens is 4. The number of nitrogen functional groups attached to an aromatic ring is 1. The van der Waals surface area contributed by atoms with E-state index in [1.165, 1.54) is 30.5 Å². The van der Waals surface area contributed by atoms with E-state index < -0.39 is 23.6 Å². The van der Waals surface area contributed by atoms with E-state index in [-0.39, 0.29) is 27.8 Å². The van der Waals surface area contributed by atoms with Gasteiger partial charge in [0.15, 0.2) is 0 Å². The molecule has 0 aliphatic carbocycles. The number of carbonyl (C=O) groups excluding carboxylic acids is 2. The molecule has 0 heterocycles. The first-order chi connectivity index (χ1) is 18.0. The molecule has 196 valence electrons. The fourth-order valence-electron chi connectivity index (χ4n) is 3.11. The molecule has 8 nitrogen and oxygen atoms in total. The van der Waals surface area contributed by atoms with E-state index in [0.717, 1.165) is 18.2 Å². The first kappa shape index (κ1) is 27.9. The lowest BCUT2D eigenvalue weighted by atomic mass is 10.1. The Morgan fingerprint density at radius 2 is 1.68 bits per heavy atom. The number of hydrogen-bond donors (Lipinski definition) is 4. The van der Waals surface area contributed by atoms with Gasteiger partial charge in [-0.15, -0.1) is 0 Å². The number of rotatable bonds is 6. The second-order valence-electron chi connectivity index (χ2n) is 7.85. The Balaban J connectivity index is 1.71. The Kier molecular flexibility index (Phi) is 8.87. The maximum absolute atomic E-state index is 13.0. The molecule has 3 rings (SSSR count). The van der Waals surface area contributed by atoms with Gasteiger partial charge in [-0.05, 0) is 68.2 Å². The lowest BCUT2D eigenvalue weighted by Crippen LogP contribution is -2.22. The molecule has 0 radical (unpaired) electrons. The Morgan fingerprint density at radius 1 is 0.974 bits per heavy atom. The third kappa shape index (κ3) is 7.68. The van der Waals surface area contributed by atoms with Crippen LogP contribution in [0.15, 0.2) is 88.6 Å². The molecule has 0 unspecified atom stereocenters. The van der Waals surface area contributed by atoms with E-state index >= 15 is 0 Å². The molecule has 0 spiro atoms. The highest BCUT2D eigenvalue weighted by molar-refractivity contribution is 6.34. The van der Waals surface area contributed by atoms with Gasteiger partial charge in [-0.2, -0.15) is 13.2 Å². The number of alkyl halides is 3. The fraction of sp³-hybridized carbons (Fsp3) is 0.0769. The van der Waals surface area contributed by atoms with Crippen LogP contribution < -0.4 is 21.7 Å². The van der Waals surface area contributed by atoms with Crippen molar-refractivity contribution in [1.29, 1.82) is 0 Å². The molecule has 0 aliphatic rings. The van der Waals surface area contributed by atoms with Crippen molar-refractivity contribution in [2.75, 3.05) is 16.4 Å². The number of carbonyl (C=O) groups is 2. The van der Waals surface area contributed by atoms with Gasteiger partial charge < -0.3 is 21.7 Å². The highest BCUT2D eigenvalue weighted by atomic mass is 35.5. The summed E-state index contributed by atoms with van der Waals surface area (Å²) < 4.78 is 38.9. The van der Waals surface area contributed by atoms with Crippen molar-refractivity contribution >= 4 is 53.2 Å². The van der Waals surface area contributed by atoms with Crippen LogP contribution in [0.25, 0.3) is 0 Å². The van der Waals surface area contributed by atoms with E-state index in [9.17, 15) is 22.8 Å². The smallest absolute Gasteiger partial charge is 0.399 e. The maximum Gasteiger partial charge on any atom is 0.416 e. The minimum Gasteiger partial charge on any atom is -0.399 e. The van der Waals surface area contributed by atoms with Gasteiger partial charge in [0.25, 0.3) is 11.8 Å². The van der Waals surface area contributed by atoms with Crippen molar-refractivity contribution in [3.05, 3.63) is 100 Å². The second-order valence-corrected chi connectivity index (χ2v) is 8.26. The highest BCUT2D eigenvalue weighted by Gasteiger charge is 2.31. The molecular formula is C26H22ClF3N6O2. The largest absolute Gasteiger partial charge is 0.416 e. The van der Waals surface area contributed by atoms with Gasteiger partial charge in [0.2, 0.25) is 5.96 Å². The van der Waals surface area contributed by atoms with Crippen molar-refractivity contribution in [1.82, 2.24) is 5.32 Å². The van der Waals surface area contributed by atoms with Crippen LogP contribution in [-0.2, 0) is 6.18 Å². The number of anilines is 3. The molecule has 0 aromatic heterocycles. The number of hydrogen-bond acceptors (Lipinski definition) is 4. The minimum atomic E-state index is -4.59. The predicted molar refractivity (Wildman–Crippen MR) is 144 cm³/mol. The molecule has 0 fully saturated rings. The summed E-state index contributed by atoms with van der Waals surface area (Å²) in [5.41, 5.74) is 6.29. The maximum atomic E-state index is 13.0. The molecule has 0 aliphatic heterocycles. The van der Waals surface area contributed by atoms with Crippen LogP contribution >= 0.6 is 11.6 Å². The standard InChI is InChI=1S/C26H22ClF3N6O2/c1-15(14-33-25(32-2)36-19-8-4-7-18(31)12-19)34-24(38)21-13-20(9-10-22(21)27)35-23(37)16-5-3-6-17(11-16)26(28,29)30/h3-14H,2,31H2,1H3,(H,33,36)(H,34,38)(H,35,37)/b15-14+. The number of guanidine groups is 1. The third-order valence-electron chi connectivity index (χ3n) is 4.90. The fourth-order valence-corrected chi connectivity index (χ4v) is 3.32. The zero-order valence-electron chi connectivity index (χ0n) is 19.9. The topological polar surface area (TPSA) is 121 Å². The van der Waals surface area contributed by atoms with Crippen LogP contribution in [-0.4, -0.2) is 24.5 Å². The van der Waals surface area contributed by atoms with Crippen LogP contribution in [0.5, 0.6) is 0 Å². The van der Waals surface area contributed by atoms with Crippen molar-refractivity contribution in [3.8, 4) is 0 Å². The Bertz CT molecular complexity index is 1440. The third-order valence-corrected chi connectivity index (χ3v) is 5.23. The number of benzene rings is 3. The van der Waals surface area contributed by atoms with E-state index in [1.54, 1.807) is 31.2 Å². The average Bonchev–Trinajstić information content (AvgIpc) is 2.87. The van der Waals surface area contributed by atoms with Crippen LogP contribution in [0.3, 0.4) is 0 Å². The van der Waals surface area contributed by atoms with Gasteiger partial charge in [-0.3, -0.25) is 9.59 Å². The van der Waals surface area contributed by atoms with Gasteiger partial charge in [0, 0.05) is 34.5 Å². The summed E-state index contributed by atoms with van der Waals surface area (Å²) in [6.07, 6.45) is -3.25. The average molecular weight is 543 g/mol. The number of amides is 2. The van der Waals surface area contributed by atoms with Crippen LogP contribution in [0.1, 0.15) is 33.2 Å². The Labute approximate surface area is 221 Å². The zero-order valence-corrected chi connectivity index (χ0v) is 20.7. The SMILES string of the molecule is C=NC(=N/C=C(\C)NC(=O)c1cc(NC(=O)c2cccc(C(F)(F)F)c2)ccc1Cl)Nc1cccc(N)c1. The number of allylic oxidation sites excluding steroid dienone is 1. The molecule has 3 aromatic rings. The number of aliphatic imine (C=N–C) groups is 2. The zero-order chi connectivity index (χ0) is 27.9. The summed E-state index contributed by atoms with van der Waals surface area (Å²) in [5, 5.41) is 8.10. The van der Waals surface area contributed by atoms with Gasteiger partial charge in [0.05, 0.1) is 16.1 Å². The first-order valence-electron chi connectivity index (χ1n) is 10.9. The molecule has 0 bridgehead atoms. The van der Waals surface area contributed by atoms with Crippen LogP contribution in [0, 0.1) is 0 Å². The number of nitrogens with zero attached hydrogens (tertiary/aromatic N) is 2. The molecule has 12 heteroatoms. The van der Waals surface area contributed by atoms with Crippen molar-refractivity contribution in [3.63, 3.8) is 0 Å². The summed E-state index contributed by atoms with van der Waals surface area (Å²) in [4.78, 5) is 33.2. The molecule has 5 N–H and O–H groups in total. The predicted octanol–water partition coefficient (Wildman–Crippen LogP) is 5.95. The lowest BCUT2D eigenvalue weighted by Gasteiger charge is -2.11. The summed E-state index contributed by atoms with van der Waals surface area (Å²) in [7, 11) is 0. The lowest BCUT2D eigenvalue weighted by molar-refractivity contribution is -0.137. The van der Waals surface area contributed by atoms with Crippen molar-refractivity contribution < 1.29 is 22.8 Å². The summed E-state index contributed by atoms with van der Waals surface area (Å²) >= 11 is 6.16. The van der Waals surface area contributed by atoms with Crippen molar-refractivity contribution in [2.45, 2.75) is 13.1 Å². The normalized spacial score (nSPS) is 12.0. The molecule has 3 aromatic carbocycles. The minimum absolute atomic E-state index is 0.0187. The van der Waals surface area contributed by atoms with E-state index in [0.29, 0.717) is 17.1 Å².